The average molecular weight is 238 g/mol. The van der Waals surface area contributed by atoms with Gasteiger partial charge in [-0.25, -0.2) is 0 Å². The van der Waals surface area contributed by atoms with Crippen LogP contribution in [0.3, 0.4) is 0 Å². The van der Waals surface area contributed by atoms with Gasteiger partial charge in [0.05, 0.1) is 11.1 Å². The van der Waals surface area contributed by atoms with Gasteiger partial charge in [0.25, 0.3) is 5.91 Å². The summed E-state index contributed by atoms with van der Waals surface area (Å²) >= 11 is 0. The van der Waals surface area contributed by atoms with E-state index in [1.807, 2.05) is 18.2 Å². The van der Waals surface area contributed by atoms with Gasteiger partial charge in [0.1, 0.15) is 6.07 Å². The monoisotopic (exact) mass is 238 g/mol. The van der Waals surface area contributed by atoms with Gasteiger partial charge in [-0.2, -0.15) is 5.26 Å². The number of nitrogens with zero attached hydrogens (tertiary/aromatic N) is 3. The van der Waals surface area contributed by atoms with Gasteiger partial charge in [-0.3, -0.25) is 14.8 Å². The Morgan fingerprint density at radius 1 is 1.28 bits per heavy atom. The molecule has 1 N–H and O–H groups in total. The molecule has 2 aromatic rings. The summed E-state index contributed by atoms with van der Waals surface area (Å²) in [6.07, 6.45) is 6.18. The third-order valence-electron chi connectivity index (χ3n) is 2.33. The van der Waals surface area contributed by atoms with Crippen LogP contribution in [0.2, 0.25) is 0 Å². The van der Waals surface area contributed by atoms with Gasteiger partial charge in [0, 0.05) is 31.3 Å². The van der Waals surface area contributed by atoms with Crippen LogP contribution in [0.1, 0.15) is 21.5 Å². The molecule has 5 heteroatoms. The first-order chi connectivity index (χ1) is 8.79. The minimum absolute atomic E-state index is 0.253. The molecule has 0 saturated carbocycles. The first-order valence-corrected chi connectivity index (χ1v) is 5.32. The van der Waals surface area contributed by atoms with Crippen LogP contribution < -0.4 is 5.32 Å². The molecule has 18 heavy (non-hydrogen) atoms. The third kappa shape index (κ3) is 2.89. The largest absolute Gasteiger partial charge is 0.348 e. The summed E-state index contributed by atoms with van der Waals surface area (Å²) in [6, 6.07) is 7.10. The maximum Gasteiger partial charge on any atom is 0.253 e. The molecule has 0 radical (unpaired) electrons. The summed E-state index contributed by atoms with van der Waals surface area (Å²) in [5.74, 6) is -0.253. The second-order valence-electron chi connectivity index (χ2n) is 3.61. The Balaban J connectivity index is 2.02. The second kappa shape index (κ2) is 5.55. The van der Waals surface area contributed by atoms with Crippen molar-refractivity contribution in [2.45, 2.75) is 6.54 Å². The number of carbonyl (C=O) groups is 1. The number of nitriles is 1. The molecule has 88 valence electrons. The van der Waals surface area contributed by atoms with Gasteiger partial charge >= 0.3 is 0 Å². The van der Waals surface area contributed by atoms with Crippen LogP contribution in [0, 0.1) is 11.3 Å². The zero-order valence-corrected chi connectivity index (χ0v) is 9.50. The molecule has 5 nitrogen and oxygen atoms in total. The number of hydrogen-bond donors (Lipinski definition) is 1. The van der Waals surface area contributed by atoms with Crippen molar-refractivity contribution in [3.63, 3.8) is 0 Å². The van der Waals surface area contributed by atoms with Crippen molar-refractivity contribution in [2.75, 3.05) is 0 Å². The third-order valence-corrected chi connectivity index (χ3v) is 2.33. The van der Waals surface area contributed by atoms with Crippen molar-refractivity contribution in [1.29, 1.82) is 5.26 Å². The summed E-state index contributed by atoms with van der Waals surface area (Å²) in [5, 5.41) is 11.5. The van der Waals surface area contributed by atoms with E-state index in [0.29, 0.717) is 17.7 Å². The van der Waals surface area contributed by atoms with Gasteiger partial charge < -0.3 is 5.32 Å². The van der Waals surface area contributed by atoms with Gasteiger partial charge in [0.15, 0.2) is 0 Å². The SMILES string of the molecule is N#Cc1cncc(C(=O)NCc2ccncc2)c1. The fraction of sp³-hybridized carbons (Fsp3) is 0.0769. The van der Waals surface area contributed by atoms with Crippen molar-refractivity contribution in [1.82, 2.24) is 15.3 Å². The Morgan fingerprint density at radius 3 is 2.78 bits per heavy atom. The van der Waals surface area contributed by atoms with Crippen molar-refractivity contribution in [3.8, 4) is 6.07 Å². The van der Waals surface area contributed by atoms with Crippen molar-refractivity contribution >= 4 is 5.91 Å². The molecule has 2 heterocycles. The highest BCUT2D eigenvalue weighted by atomic mass is 16.1. The number of aromatic nitrogens is 2. The van der Waals surface area contributed by atoms with E-state index in [1.165, 1.54) is 18.5 Å². The molecule has 0 unspecified atom stereocenters. The minimum atomic E-state index is -0.253. The highest BCUT2D eigenvalue weighted by molar-refractivity contribution is 5.94. The van der Waals surface area contributed by atoms with Crippen molar-refractivity contribution in [2.24, 2.45) is 0 Å². The van der Waals surface area contributed by atoms with E-state index in [9.17, 15) is 4.79 Å². The van der Waals surface area contributed by atoms with E-state index < -0.39 is 0 Å². The maximum atomic E-state index is 11.8. The lowest BCUT2D eigenvalue weighted by Gasteiger charge is -2.04. The molecule has 0 aliphatic rings. The summed E-state index contributed by atoms with van der Waals surface area (Å²) in [4.78, 5) is 19.5. The fourth-order valence-electron chi connectivity index (χ4n) is 1.41. The zero-order chi connectivity index (χ0) is 12.8. The van der Waals surface area contributed by atoms with Crippen LogP contribution >= 0.6 is 0 Å². The second-order valence-corrected chi connectivity index (χ2v) is 3.61. The summed E-state index contributed by atoms with van der Waals surface area (Å²) in [7, 11) is 0. The first kappa shape index (κ1) is 11.7. The Morgan fingerprint density at radius 2 is 2.06 bits per heavy atom. The standard InChI is InChI=1S/C13H10N4O/c14-6-11-5-12(9-16-7-11)13(18)17-8-10-1-3-15-4-2-10/h1-5,7,9H,8H2,(H,17,18). The van der Waals surface area contributed by atoms with Gasteiger partial charge in [0.2, 0.25) is 0 Å². The van der Waals surface area contributed by atoms with Crippen molar-refractivity contribution in [3.05, 3.63) is 59.7 Å². The number of rotatable bonds is 3. The predicted octanol–water partition coefficient (Wildman–Crippen LogP) is 1.28. The number of hydrogen-bond acceptors (Lipinski definition) is 4. The van der Waals surface area contributed by atoms with Crippen LogP contribution in [0.4, 0.5) is 0 Å². The van der Waals surface area contributed by atoms with Crippen LogP contribution in [0.15, 0.2) is 43.0 Å². The first-order valence-electron chi connectivity index (χ1n) is 5.32. The van der Waals surface area contributed by atoms with Crippen LogP contribution in [0.5, 0.6) is 0 Å². The molecule has 0 aliphatic heterocycles. The van der Waals surface area contributed by atoms with E-state index in [-0.39, 0.29) is 5.91 Å². The van der Waals surface area contributed by atoms with E-state index in [4.69, 9.17) is 5.26 Å². The summed E-state index contributed by atoms with van der Waals surface area (Å²) < 4.78 is 0. The fourth-order valence-corrected chi connectivity index (χ4v) is 1.41. The topological polar surface area (TPSA) is 78.7 Å². The van der Waals surface area contributed by atoms with Gasteiger partial charge in [-0.15, -0.1) is 0 Å². The normalized spacial score (nSPS) is 9.50. The lowest BCUT2D eigenvalue weighted by atomic mass is 10.2. The zero-order valence-electron chi connectivity index (χ0n) is 9.50. The lowest BCUT2D eigenvalue weighted by Crippen LogP contribution is -2.23. The summed E-state index contributed by atoms with van der Waals surface area (Å²) in [5.41, 5.74) is 1.71. The Bertz CT molecular complexity index is 589. The average Bonchev–Trinajstić information content (AvgIpc) is 2.46. The van der Waals surface area contributed by atoms with E-state index in [0.717, 1.165) is 5.56 Å². The quantitative estimate of drug-likeness (QED) is 0.873. The Kier molecular flexibility index (Phi) is 3.62. The Hall–Kier alpha value is -2.74. The molecule has 0 bridgehead atoms. The highest BCUT2D eigenvalue weighted by Gasteiger charge is 2.06. The Labute approximate surface area is 104 Å². The predicted molar refractivity (Wildman–Crippen MR) is 64.4 cm³/mol. The number of amides is 1. The van der Waals surface area contributed by atoms with Crippen LogP contribution in [-0.2, 0) is 6.54 Å². The molecule has 2 rings (SSSR count). The number of carbonyl (C=O) groups excluding carboxylic acids is 1. The van der Waals surface area contributed by atoms with E-state index in [1.54, 1.807) is 12.4 Å². The maximum absolute atomic E-state index is 11.8. The lowest BCUT2D eigenvalue weighted by molar-refractivity contribution is 0.0950. The molecule has 0 saturated heterocycles. The number of nitrogens with one attached hydrogen (secondary N) is 1. The van der Waals surface area contributed by atoms with E-state index in [2.05, 4.69) is 15.3 Å². The molecule has 0 atom stereocenters. The van der Waals surface area contributed by atoms with Gasteiger partial charge in [-0.05, 0) is 23.8 Å². The summed E-state index contributed by atoms with van der Waals surface area (Å²) in [6.45, 7) is 0.415. The molecule has 1 amide bonds. The molecule has 2 aromatic heterocycles. The smallest absolute Gasteiger partial charge is 0.253 e. The number of pyridine rings is 2. The molecular weight excluding hydrogens is 228 g/mol. The van der Waals surface area contributed by atoms with Crippen LogP contribution in [-0.4, -0.2) is 15.9 Å². The molecule has 0 aromatic carbocycles. The van der Waals surface area contributed by atoms with Gasteiger partial charge in [-0.1, -0.05) is 0 Å². The van der Waals surface area contributed by atoms with Crippen molar-refractivity contribution < 1.29 is 4.79 Å². The molecule has 0 spiro atoms. The van der Waals surface area contributed by atoms with Crippen LogP contribution in [0.25, 0.3) is 0 Å². The highest BCUT2D eigenvalue weighted by Crippen LogP contribution is 2.02. The molecule has 0 fully saturated rings. The molecular formula is C13H10N4O. The van der Waals surface area contributed by atoms with E-state index >= 15 is 0 Å². The molecule has 0 aliphatic carbocycles. The minimum Gasteiger partial charge on any atom is -0.348 e.